The predicted octanol–water partition coefficient (Wildman–Crippen LogP) is 2.41. The summed E-state index contributed by atoms with van der Waals surface area (Å²) in [6, 6.07) is 1.10. The molecule has 0 aliphatic rings. The Morgan fingerprint density at radius 1 is 1.31 bits per heavy atom. The normalized spacial score (nSPS) is 11.6. The molecule has 1 aromatic rings. The zero-order valence-electron chi connectivity index (χ0n) is 8.57. The first kappa shape index (κ1) is 12.8. The Bertz CT molecular complexity index is 381. The number of hydrogen-bond acceptors (Lipinski definition) is 2. The molecular weight excluding hydrogens is 226 g/mol. The number of hydrogen-bond donors (Lipinski definition) is 1. The number of alkyl halides is 2. The van der Waals surface area contributed by atoms with E-state index in [4.69, 9.17) is 5.73 Å². The van der Waals surface area contributed by atoms with Crippen LogP contribution in [0.4, 0.5) is 17.6 Å². The average molecular weight is 237 g/mol. The van der Waals surface area contributed by atoms with E-state index in [1.54, 1.807) is 0 Å². The Morgan fingerprint density at radius 3 is 2.44 bits per heavy atom. The predicted molar refractivity (Wildman–Crippen MR) is 50.5 cm³/mol. The molecule has 0 aromatic heterocycles. The first-order valence-electron chi connectivity index (χ1n) is 4.53. The van der Waals surface area contributed by atoms with E-state index in [0.29, 0.717) is 12.1 Å². The van der Waals surface area contributed by atoms with Crippen molar-refractivity contribution in [3.8, 4) is 5.75 Å². The van der Waals surface area contributed by atoms with E-state index in [-0.39, 0.29) is 6.54 Å². The smallest absolute Gasteiger partial charge is 0.280 e. The minimum Gasteiger partial charge on any atom is -0.496 e. The minimum atomic E-state index is -3.47. The molecule has 0 radical (unpaired) electrons. The zero-order valence-corrected chi connectivity index (χ0v) is 8.57. The summed E-state index contributed by atoms with van der Waals surface area (Å²) in [7, 11) is 1.07. The molecule has 0 saturated heterocycles. The summed E-state index contributed by atoms with van der Waals surface area (Å²) in [6.45, 7) is -0.313. The fourth-order valence-corrected chi connectivity index (χ4v) is 1.37. The number of halogens is 4. The molecule has 0 aliphatic carbocycles. The fourth-order valence-electron chi connectivity index (χ4n) is 1.37. The van der Waals surface area contributed by atoms with Crippen LogP contribution in [0.15, 0.2) is 12.1 Å². The molecule has 0 atom stereocenters. The Balaban J connectivity index is 3.31. The molecule has 1 aromatic carbocycles. The van der Waals surface area contributed by atoms with E-state index in [0.717, 1.165) is 7.11 Å². The second-order valence-electron chi connectivity index (χ2n) is 3.21. The van der Waals surface area contributed by atoms with Crippen LogP contribution in [0.1, 0.15) is 12.0 Å². The maximum atomic E-state index is 13.5. The van der Waals surface area contributed by atoms with Gasteiger partial charge < -0.3 is 10.5 Å². The summed E-state index contributed by atoms with van der Waals surface area (Å²) in [6.07, 6.45) is -0.730. The molecule has 0 saturated carbocycles. The molecule has 2 N–H and O–H groups in total. The lowest BCUT2D eigenvalue weighted by Crippen LogP contribution is -2.21. The Morgan fingerprint density at radius 2 is 1.94 bits per heavy atom. The molecule has 0 fully saturated rings. The SMILES string of the molecule is COc1cc(F)cc(F)c1C(F)(F)CCN. The van der Waals surface area contributed by atoms with Gasteiger partial charge in [0.15, 0.2) is 0 Å². The van der Waals surface area contributed by atoms with Crippen LogP contribution in [0.3, 0.4) is 0 Å². The highest BCUT2D eigenvalue weighted by Crippen LogP contribution is 2.39. The zero-order chi connectivity index (χ0) is 12.3. The molecule has 1 rings (SSSR count). The largest absolute Gasteiger partial charge is 0.496 e. The summed E-state index contributed by atoms with van der Waals surface area (Å²) in [4.78, 5) is 0. The van der Waals surface area contributed by atoms with Crippen LogP contribution in [-0.4, -0.2) is 13.7 Å². The van der Waals surface area contributed by atoms with Crippen LogP contribution in [-0.2, 0) is 5.92 Å². The second-order valence-corrected chi connectivity index (χ2v) is 3.21. The highest BCUT2D eigenvalue weighted by atomic mass is 19.3. The number of methoxy groups -OCH3 is 1. The molecule has 90 valence electrons. The molecular formula is C10H11F4NO. The van der Waals surface area contributed by atoms with E-state index in [1.165, 1.54) is 0 Å². The lowest BCUT2D eigenvalue weighted by atomic mass is 10.0. The Hall–Kier alpha value is -1.30. The summed E-state index contributed by atoms with van der Waals surface area (Å²) in [5.74, 6) is -6.30. The molecule has 0 bridgehead atoms. The minimum absolute atomic E-state index is 0.313. The van der Waals surface area contributed by atoms with Gasteiger partial charge in [-0.25, -0.2) is 17.6 Å². The van der Waals surface area contributed by atoms with E-state index in [9.17, 15) is 17.6 Å². The fraction of sp³-hybridized carbons (Fsp3) is 0.400. The van der Waals surface area contributed by atoms with Gasteiger partial charge in [0.1, 0.15) is 17.4 Å². The summed E-state index contributed by atoms with van der Waals surface area (Å²) < 4.78 is 57.5. The molecule has 0 aliphatic heterocycles. The summed E-state index contributed by atoms with van der Waals surface area (Å²) in [5.41, 5.74) is 4.05. The van der Waals surface area contributed by atoms with Gasteiger partial charge in [0.2, 0.25) is 0 Å². The van der Waals surface area contributed by atoms with Crippen molar-refractivity contribution in [2.24, 2.45) is 5.73 Å². The summed E-state index contributed by atoms with van der Waals surface area (Å²) in [5, 5.41) is 0. The quantitative estimate of drug-likeness (QED) is 0.816. The third-order valence-corrected chi connectivity index (χ3v) is 2.06. The van der Waals surface area contributed by atoms with Crippen LogP contribution < -0.4 is 10.5 Å². The van der Waals surface area contributed by atoms with Crippen molar-refractivity contribution in [1.82, 2.24) is 0 Å². The lowest BCUT2D eigenvalue weighted by Gasteiger charge is -2.19. The highest BCUT2D eigenvalue weighted by Gasteiger charge is 2.37. The number of benzene rings is 1. The maximum absolute atomic E-state index is 13.5. The van der Waals surface area contributed by atoms with E-state index in [2.05, 4.69) is 4.74 Å². The van der Waals surface area contributed by atoms with E-state index >= 15 is 0 Å². The van der Waals surface area contributed by atoms with Crippen LogP contribution in [0, 0.1) is 11.6 Å². The van der Waals surface area contributed by atoms with Crippen LogP contribution in [0.25, 0.3) is 0 Å². The van der Waals surface area contributed by atoms with Crippen molar-refractivity contribution in [2.45, 2.75) is 12.3 Å². The van der Waals surface area contributed by atoms with Crippen LogP contribution >= 0.6 is 0 Å². The molecule has 16 heavy (non-hydrogen) atoms. The first-order valence-corrected chi connectivity index (χ1v) is 4.53. The molecule has 0 unspecified atom stereocenters. The molecule has 6 heteroatoms. The van der Waals surface area contributed by atoms with Gasteiger partial charge in [0.25, 0.3) is 5.92 Å². The number of ether oxygens (including phenoxy) is 1. The number of nitrogens with two attached hydrogens (primary N) is 1. The summed E-state index contributed by atoms with van der Waals surface area (Å²) >= 11 is 0. The van der Waals surface area contributed by atoms with Crippen molar-refractivity contribution in [3.63, 3.8) is 0 Å². The standard InChI is InChI=1S/C10H11F4NO/c1-16-8-5-6(11)4-7(12)9(8)10(13,14)2-3-15/h4-5H,2-3,15H2,1H3. The van der Waals surface area contributed by atoms with Gasteiger partial charge in [0.05, 0.1) is 12.7 Å². The monoisotopic (exact) mass is 237 g/mol. The third-order valence-electron chi connectivity index (χ3n) is 2.06. The Labute approximate surface area is 90.0 Å². The van der Waals surface area contributed by atoms with Crippen molar-refractivity contribution in [3.05, 3.63) is 29.3 Å². The van der Waals surface area contributed by atoms with E-state index < -0.39 is 35.3 Å². The maximum Gasteiger partial charge on any atom is 0.280 e. The van der Waals surface area contributed by atoms with Crippen molar-refractivity contribution in [2.75, 3.05) is 13.7 Å². The molecule has 0 heterocycles. The van der Waals surface area contributed by atoms with Gasteiger partial charge in [-0.15, -0.1) is 0 Å². The molecule has 0 amide bonds. The topological polar surface area (TPSA) is 35.2 Å². The van der Waals surface area contributed by atoms with Crippen molar-refractivity contribution >= 4 is 0 Å². The van der Waals surface area contributed by atoms with Gasteiger partial charge in [-0.05, 0) is 6.54 Å². The Kier molecular flexibility index (Phi) is 3.74. The third kappa shape index (κ3) is 2.44. The number of rotatable bonds is 4. The second kappa shape index (κ2) is 4.69. The molecule has 2 nitrogen and oxygen atoms in total. The van der Waals surface area contributed by atoms with Crippen LogP contribution in [0.5, 0.6) is 5.75 Å². The van der Waals surface area contributed by atoms with Crippen molar-refractivity contribution < 1.29 is 22.3 Å². The molecule has 0 spiro atoms. The van der Waals surface area contributed by atoms with E-state index in [1.807, 2.05) is 0 Å². The average Bonchev–Trinajstić information content (AvgIpc) is 2.15. The van der Waals surface area contributed by atoms with Gasteiger partial charge in [0, 0.05) is 18.6 Å². The lowest BCUT2D eigenvalue weighted by molar-refractivity contribution is -0.0163. The van der Waals surface area contributed by atoms with Gasteiger partial charge in [-0.3, -0.25) is 0 Å². The first-order chi connectivity index (χ1) is 7.42. The van der Waals surface area contributed by atoms with Gasteiger partial charge in [-0.1, -0.05) is 0 Å². The van der Waals surface area contributed by atoms with Crippen LogP contribution in [0.2, 0.25) is 0 Å². The highest BCUT2D eigenvalue weighted by molar-refractivity contribution is 5.38. The van der Waals surface area contributed by atoms with Crippen molar-refractivity contribution in [1.29, 1.82) is 0 Å². The van der Waals surface area contributed by atoms with Gasteiger partial charge in [-0.2, -0.15) is 0 Å². The van der Waals surface area contributed by atoms with Gasteiger partial charge >= 0.3 is 0 Å².